The quantitative estimate of drug-likeness (QED) is 0.592. The van der Waals surface area contributed by atoms with Gasteiger partial charge < -0.3 is 9.47 Å². The lowest BCUT2D eigenvalue weighted by Crippen LogP contribution is -2.02. The van der Waals surface area contributed by atoms with Crippen molar-refractivity contribution in [2.24, 2.45) is 5.92 Å². The number of aromatic nitrogens is 1. The first kappa shape index (κ1) is 12.6. The van der Waals surface area contributed by atoms with Crippen LogP contribution in [0.3, 0.4) is 0 Å². The standard InChI is InChI=1S/C14H17NO3/c1-3-18-14(16)9-12(10-4-5-10)11-6-7-15-13(8-11)17-2/h6-10H,3-5H2,1-2H3/b12-9+. The minimum Gasteiger partial charge on any atom is -0.481 e. The summed E-state index contributed by atoms with van der Waals surface area (Å²) in [6.07, 6.45) is 5.53. The number of carbonyl (C=O) groups excluding carboxylic acids is 1. The Balaban J connectivity index is 2.26. The number of esters is 1. The summed E-state index contributed by atoms with van der Waals surface area (Å²) in [6.45, 7) is 2.20. The third-order valence-electron chi connectivity index (χ3n) is 2.85. The Morgan fingerprint density at radius 1 is 1.56 bits per heavy atom. The van der Waals surface area contributed by atoms with Crippen LogP contribution in [-0.4, -0.2) is 24.7 Å². The molecule has 0 aliphatic heterocycles. The maximum absolute atomic E-state index is 11.6. The average Bonchev–Trinajstić information content (AvgIpc) is 3.20. The molecule has 0 amide bonds. The first-order chi connectivity index (χ1) is 8.74. The highest BCUT2D eigenvalue weighted by molar-refractivity contribution is 5.92. The second kappa shape index (κ2) is 5.67. The van der Waals surface area contributed by atoms with Crippen LogP contribution in [0, 0.1) is 5.92 Å². The van der Waals surface area contributed by atoms with Crippen molar-refractivity contribution < 1.29 is 14.3 Å². The van der Waals surface area contributed by atoms with Gasteiger partial charge in [0.25, 0.3) is 0 Å². The molecule has 1 aromatic rings. The molecule has 1 fully saturated rings. The Morgan fingerprint density at radius 2 is 2.33 bits per heavy atom. The van der Waals surface area contributed by atoms with Gasteiger partial charge in [0.15, 0.2) is 0 Å². The Morgan fingerprint density at radius 3 is 2.94 bits per heavy atom. The van der Waals surface area contributed by atoms with Crippen LogP contribution in [-0.2, 0) is 9.53 Å². The molecule has 0 atom stereocenters. The lowest BCUT2D eigenvalue weighted by atomic mass is 10.0. The number of carbonyl (C=O) groups is 1. The minimum atomic E-state index is -0.282. The van der Waals surface area contributed by atoms with Crippen LogP contribution < -0.4 is 4.74 Å². The first-order valence-corrected chi connectivity index (χ1v) is 6.13. The fourth-order valence-electron chi connectivity index (χ4n) is 1.84. The van der Waals surface area contributed by atoms with Gasteiger partial charge in [0.2, 0.25) is 5.88 Å². The van der Waals surface area contributed by atoms with E-state index >= 15 is 0 Å². The van der Waals surface area contributed by atoms with Crippen molar-refractivity contribution in [1.82, 2.24) is 4.98 Å². The fourth-order valence-corrected chi connectivity index (χ4v) is 1.84. The van der Waals surface area contributed by atoms with E-state index in [2.05, 4.69) is 4.98 Å². The monoisotopic (exact) mass is 247 g/mol. The van der Waals surface area contributed by atoms with Crippen molar-refractivity contribution in [3.05, 3.63) is 30.0 Å². The van der Waals surface area contributed by atoms with E-state index in [0.717, 1.165) is 24.0 Å². The largest absolute Gasteiger partial charge is 0.481 e. The summed E-state index contributed by atoms with van der Waals surface area (Å²) < 4.78 is 10.1. The van der Waals surface area contributed by atoms with Crippen LogP contribution in [0.2, 0.25) is 0 Å². The van der Waals surface area contributed by atoms with Gasteiger partial charge in [-0.1, -0.05) is 0 Å². The molecule has 96 valence electrons. The normalized spacial score (nSPS) is 15.3. The molecular formula is C14H17NO3. The molecule has 1 aromatic heterocycles. The van der Waals surface area contributed by atoms with Gasteiger partial charge in [0, 0.05) is 18.3 Å². The van der Waals surface area contributed by atoms with Gasteiger partial charge in [-0.2, -0.15) is 0 Å². The molecule has 0 unspecified atom stereocenters. The zero-order valence-corrected chi connectivity index (χ0v) is 10.7. The predicted octanol–water partition coefficient (Wildman–Crippen LogP) is 2.45. The molecule has 0 saturated heterocycles. The van der Waals surface area contributed by atoms with Crippen LogP contribution in [0.25, 0.3) is 5.57 Å². The van der Waals surface area contributed by atoms with Crippen molar-refractivity contribution in [1.29, 1.82) is 0 Å². The number of ether oxygens (including phenoxy) is 2. The van der Waals surface area contributed by atoms with E-state index in [4.69, 9.17) is 9.47 Å². The summed E-state index contributed by atoms with van der Waals surface area (Å²) in [6, 6.07) is 3.75. The Hall–Kier alpha value is -1.84. The summed E-state index contributed by atoms with van der Waals surface area (Å²) in [4.78, 5) is 15.6. The number of nitrogens with zero attached hydrogens (tertiary/aromatic N) is 1. The van der Waals surface area contributed by atoms with Crippen molar-refractivity contribution in [3.63, 3.8) is 0 Å². The van der Waals surface area contributed by atoms with E-state index in [1.165, 1.54) is 0 Å². The fraction of sp³-hybridized carbons (Fsp3) is 0.429. The van der Waals surface area contributed by atoms with Crippen molar-refractivity contribution in [2.75, 3.05) is 13.7 Å². The molecule has 2 rings (SSSR count). The van der Waals surface area contributed by atoms with Gasteiger partial charge in [-0.05, 0) is 42.9 Å². The number of rotatable bonds is 5. The molecule has 4 nitrogen and oxygen atoms in total. The van der Waals surface area contributed by atoms with E-state index in [0.29, 0.717) is 18.4 Å². The van der Waals surface area contributed by atoms with E-state index in [1.807, 2.05) is 12.1 Å². The molecule has 18 heavy (non-hydrogen) atoms. The molecule has 0 aromatic carbocycles. The summed E-state index contributed by atoms with van der Waals surface area (Å²) in [7, 11) is 1.58. The van der Waals surface area contributed by atoms with Crippen LogP contribution in [0.15, 0.2) is 24.4 Å². The molecule has 1 aliphatic carbocycles. The smallest absolute Gasteiger partial charge is 0.331 e. The highest BCUT2D eigenvalue weighted by Crippen LogP contribution is 2.42. The maximum Gasteiger partial charge on any atom is 0.331 e. The highest BCUT2D eigenvalue weighted by atomic mass is 16.5. The summed E-state index contributed by atoms with van der Waals surface area (Å²) >= 11 is 0. The Labute approximate surface area is 107 Å². The van der Waals surface area contributed by atoms with Gasteiger partial charge in [-0.25, -0.2) is 9.78 Å². The number of methoxy groups -OCH3 is 1. The van der Waals surface area contributed by atoms with E-state index < -0.39 is 0 Å². The zero-order chi connectivity index (χ0) is 13.0. The molecule has 0 N–H and O–H groups in total. The van der Waals surface area contributed by atoms with Gasteiger partial charge in [0.05, 0.1) is 13.7 Å². The summed E-state index contributed by atoms with van der Waals surface area (Å²) in [5.41, 5.74) is 2.01. The average molecular weight is 247 g/mol. The lowest BCUT2D eigenvalue weighted by Gasteiger charge is -2.07. The van der Waals surface area contributed by atoms with Crippen LogP contribution >= 0.6 is 0 Å². The van der Waals surface area contributed by atoms with Gasteiger partial charge in [-0.15, -0.1) is 0 Å². The van der Waals surface area contributed by atoms with Gasteiger partial charge in [0.1, 0.15) is 0 Å². The molecule has 1 heterocycles. The molecule has 1 saturated carbocycles. The lowest BCUT2D eigenvalue weighted by molar-refractivity contribution is -0.137. The molecule has 0 bridgehead atoms. The first-order valence-electron chi connectivity index (χ1n) is 6.13. The Kier molecular flexibility index (Phi) is 3.97. The topological polar surface area (TPSA) is 48.4 Å². The van der Waals surface area contributed by atoms with Crippen molar-refractivity contribution in [3.8, 4) is 5.88 Å². The van der Waals surface area contributed by atoms with Crippen LogP contribution in [0.4, 0.5) is 0 Å². The zero-order valence-electron chi connectivity index (χ0n) is 10.7. The summed E-state index contributed by atoms with van der Waals surface area (Å²) in [5, 5.41) is 0. The van der Waals surface area contributed by atoms with E-state index in [9.17, 15) is 4.79 Å². The maximum atomic E-state index is 11.6. The van der Waals surface area contributed by atoms with Crippen molar-refractivity contribution in [2.45, 2.75) is 19.8 Å². The third kappa shape index (κ3) is 3.09. The Bertz CT molecular complexity index is 464. The molecular weight excluding hydrogens is 230 g/mol. The second-order valence-corrected chi connectivity index (χ2v) is 4.21. The number of allylic oxidation sites excluding steroid dienone is 1. The van der Waals surface area contributed by atoms with E-state index in [1.54, 1.807) is 26.3 Å². The van der Waals surface area contributed by atoms with Crippen LogP contribution in [0.1, 0.15) is 25.3 Å². The number of hydrogen-bond donors (Lipinski definition) is 0. The molecule has 0 spiro atoms. The van der Waals surface area contributed by atoms with E-state index in [-0.39, 0.29) is 5.97 Å². The number of hydrogen-bond acceptors (Lipinski definition) is 4. The van der Waals surface area contributed by atoms with Crippen molar-refractivity contribution >= 4 is 11.5 Å². The van der Waals surface area contributed by atoms with Gasteiger partial charge >= 0.3 is 5.97 Å². The third-order valence-corrected chi connectivity index (χ3v) is 2.85. The second-order valence-electron chi connectivity index (χ2n) is 4.21. The highest BCUT2D eigenvalue weighted by Gasteiger charge is 2.28. The summed E-state index contributed by atoms with van der Waals surface area (Å²) in [5.74, 6) is 0.736. The van der Waals surface area contributed by atoms with Gasteiger partial charge in [-0.3, -0.25) is 0 Å². The molecule has 1 aliphatic rings. The molecule has 0 radical (unpaired) electrons. The number of pyridine rings is 1. The molecule has 4 heteroatoms. The predicted molar refractivity (Wildman–Crippen MR) is 68.1 cm³/mol. The van der Waals surface area contributed by atoms with Crippen LogP contribution in [0.5, 0.6) is 5.88 Å². The minimum absolute atomic E-state index is 0.282. The SMILES string of the molecule is CCOC(=O)/C=C(/c1ccnc(OC)c1)C1CC1.